The molecule has 0 aliphatic carbocycles. The first-order chi connectivity index (χ1) is 16.5. The van der Waals surface area contributed by atoms with Crippen molar-refractivity contribution in [1.29, 1.82) is 0 Å². The molecule has 0 aromatic heterocycles. The summed E-state index contributed by atoms with van der Waals surface area (Å²) in [6, 6.07) is 0. The molecule has 2 nitrogen and oxygen atoms in total. The van der Waals surface area contributed by atoms with Crippen LogP contribution in [0.5, 0.6) is 0 Å². The molecule has 0 amide bonds. The van der Waals surface area contributed by atoms with Gasteiger partial charge >= 0.3 is 227 Å². The second kappa shape index (κ2) is 19.2. The quantitative estimate of drug-likeness (QED) is 0.0651. The molecular formula is C31H62O2SiSn. The van der Waals surface area contributed by atoms with Crippen molar-refractivity contribution in [3.63, 3.8) is 0 Å². The second-order valence-electron chi connectivity index (χ2n) is 12.0. The Morgan fingerprint density at radius 3 is 1.71 bits per heavy atom. The predicted molar refractivity (Wildman–Crippen MR) is 164 cm³/mol. The number of hydrogen-bond acceptors (Lipinski definition) is 2. The van der Waals surface area contributed by atoms with Crippen molar-refractivity contribution >= 4 is 32.5 Å². The van der Waals surface area contributed by atoms with Crippen LogP contribution < -0.4 is 0 Å². The standard InChI is InChI=1S/C19H35O2Si.3C4H9.Sn/c1-7-9-16-19(8-2,21-22(4,5)6)17-14-12-10-11-13-15-18(3)20;3*1-3-4-2;/h8,14H,2,7,9-11,13,15-17H2,1,3-6H3;3*1,3-4H2,2H3;. The van der Waals surface area contributed by atoms with Gasteiger partial charge in [0.1, 0.15) is 0 Å². The SMILES string of the molecule is C=CC(C/C=[C](\CCCCC(C)=O)[Sn]([CH2]CCC)([CH2]CCC)[CH2]CCC)(CCCC)O[Si](C)(C)C. The summed E-state index contributed by atoms with van der Waals surface area (Å²) < 4.78 is 13.3. The molecule has 0 rings (SSSR count). The average molecular weight is 614 g/mol. The molecule has 0 saturated heterocycles. The Kier molecular flexibility index (Phi) is 19.3. The summed E-state index contributed by atoms with van der Waals surface area (Å²) >= 11 is -2.53. The van der Waals surface area contributed by atoms with E-state index >= 15 is 0 Å². The van der Waals surface area contributed by atoms with Crippen LogP contribution in [0.2, 0.25) is 33.0 Å². The van der Waals surface area contributed by atoms with Crippen molar-refractivity contribution in [2.45, 2.75) is 163 Å². The number of hydrogen-bond donors (Lipinski definition) is 0. The van der Waals surface area contributed by atoms with E-state index in [1.54, 1.807) is 6.92 Å². The van der Waals surface area contributed by atoms with E-state index in [1.165, 1.54) is 77.5 Å². The molecular weight excluding hydrogens is 551 g/mol. The van der Waals surface area contributed by atoms with Crippen molar-refractivity contribution in [3.8, 4) is 0 Å². The first-order valence-corrected chi connectivity index (χ1v) is 25.9. The number of ketones is 1. The number of unbranched alkanes of at least 4 members (excludes halogenated alkanes) is 5. The van der Waals surface area contributed by atoms with Crippen LogP contribution in [-0.2, 0) is 9.22 Å². The molecule has 0 radical (unpaired) electrons. The van der Waals surface area contributed by atoms with Crippen LogP contribution >= 0.6 is 0 Å². The number of rotatable bonds is 23. The van der Waals surface area contributed by atoms with E-state index in [-0.39, 0.29) is 5.60 Å². The van der Waals surface area contributed by atoms with Crippen molar-refractivity contribution in [2.75, 3.05) is 0 Å². The minimum absolute atomic E-state index is 0.219. The van der Waals surface area contributed by atoms with Crippen LogP contribution in [0.15, 0.2) is 22.3 Å². The second-order valence-corrected chi connectivity index (χ2v) is 29.9. The number of carbonyl (C=O) groups excluding carboxylic acids is 1. The molecule has 0 aromatic rings. The Bertz CT molecular complexity index is 586. The molecule has 35 heavy (non-hydrogen) atoms. The van der Waals surface area contributed by atoms with E-state index in [0.29, 0.717) is 5.78 Å². The predicted octanol–water partition coefficient (Wildman–Crippen LogP) is 10.8. The summed E-state index contributed by atoms with van der Waals surface area (Å²) in [7, 11) is -1.71. The summed E-state index contributed by atoms with van der Waals surface area (Å²) in [6.45, 7) is 22.4. The van der Waals surface area contributed by atoms with Gasteiger partial charge in [0, 0.05) is 0 Å². The molecule has 206 valence electrons. The molecule has 0 aromatic carbocycles. The van der Waals surface area contributed by atoms with Crippen molar-refractivity contribution < 1.29 is 9.22 Å². The summed E-state index contributed by atoms with van der Waals surface area (Å²) in [6.07, 6.45) is 21.5. The monoisotopic (exact) mass is 614 g/mol. The first kappa shape index (κ1) is 35.1. The van der Waals surface area contributed by atoms with Crippen LogP contribution in [0.25, 0.3) is 0 Å². The first-order valence-electron chi connectivity index (χ1n) is 15.1. The molecule has 0 aliphatic rings. The van der Waals surface area contributed by atoms with Gasteiger partial charge in [-0.05, 0) is 0 Å². The average Bonchev–Trinajstić information content (AvgIpc) is 2.80. The Labute approximate surface area is 226 Å². The molecule has 0 heterocycles. The van der Waals surface area contributed by atoms with E-state index in [1.807, 2.05) is 3.59 Å². The zero-order chi connectivity index (χ0) is 26.8. The molecule has 0 N–H and O–H groups in total. The minimum atomic E-state index is -2.53. The molecule has 0 bridgehead atoms. The molecule has 0 saturated carbocycles. The van der Waals surface area contributed by atoms with Gasteiger partial charge in [0.15, 0.2) is 0 Å². The van der Waals surface area contributed by atoms with Crippen LogP contribution in [0.3, 0.4) is 0 Å². The number of allylic oxidation sites excluding steroid dienone is 1. The third-order valence-electron chi connectivity index (χ3n) is 7.46. The van der Waals surface area contributed by atoms with Crippen molar-refractivity contribution in [2.24, 2.45) is 0 Å². The maximum absolute atomic E-state index is 11.6. The maximum atomic E-state index is 11.6. The van der Waals surface area contributed by atoms with Gasteiger partial charge in [-0.15, -0.1) is 0 Å². The van der Waals surface area contributed by atoms with Gasteiger partial charge in [0.25, 0.3) is 0 Å². The van der Waals surface area contributed by atoms with Crippen LogP contribution in [0, 0.1) is 0 Å². The molecule has 4 heteroatoms. The zero-order valence-corrected chi connectivity index (χ0v) is 29.1. The summed E-state index contributed by atoms with van der Waals surface area (Å²) in [4.78, 5) is 11.6. The van der Waals surface area contributed by atoms with E-state index in [9.17, 15) is 4.79 Å². The van der Waals surface area contributed by atoms with Crippen LogP contribution in [0.4, 0.5) is 0 Å². The van der Waals surface area contributed by atoms with Gasteiger partial charge in [-0.1, -0.05) is 0 Å². The molecule has 0 spiro atoms. The number of carbonyl (C=O) groups is 1. The van der Waals surface area contributed by atoms with E-state index in [4.69, 9.17) is 4.43 Å². The van der Waals surface area contributed by atoms with Gasteiger partial charge in [-0.3, -0.25) is 0 Å². The number of Topliss-reactive ketones (excluding diaryl/α,β-unsaturated/α-hetero) is 1. The molecule has 1 atom stereocenters. The fourth-order valence-corrected chi connectivity index (χ4v) is 24.2. The van der Waals surface area contributed by atoms with E-state index < -0.39 is 26.7 Å². The fourth-order valence-electron chi connectivity index (χ4n) is 5.48. The Morgan fingerprint density at radius 1 is 0.829 bits per heavy atom. The fraction of sp³-hybridized carbons (Fsp3) is 0.839. The normalized spacial score (nSPS) is 14.7. The summed E-state index contributed by atoms with van der Waals surface area (Å²) in [5.74, 6) is 0.335. The third-order valence-corrected chi connectivity index (χ3v) is 24.9. The Hall–Kier alpha value is 0.126. The van der Waals surface area contributed by atoms with Gasteiger partial charge in [0.2, 0.25) is 0 Å². The molecule has 0 fully saturated rings. The van der Waals surface area contributed by atoms with Gasteiger partial charge in [-0.25, -0.2) is 0 Å². The molecule has 0 aliphatic heterocycles. The summed E-state index contributed by atoms with van der Waals surface area (Å²) in [5.41, 5.74) is -0.219. The Balaban J connectivity index is 6.35. The van der Waals surface area contributed by atoms with Crippen molar-refractivity contribution in [1.82, 2.24) is 0 Å². The van der Waals surface area contributed by atoms with Gasteiger partial charge < -0.3 is 0 Å². The van der Waals surface area contributed by atoms with E-state index in [0.717, 1.165) is 25.7 Å². The molecule has 1 unspecified atom stereocenters. The van der Waals surface area contributed by atoms with Gasteiger partial charge in [-0.2, -0.15) is 0 Å². The zero-order valence-electron chi connectivity index (χ0n) is 25.2. The van der Waals surface area contributed by atoms with Crippen molar-refractivity contribution in [3.05, 3.63) is 22.3 Å². The topological polar surface area (TPSA) is 26.3 Å². The summed E-state index contributed by atoms with van der Waals surface area (Å²) in [5, 5.41) is 0. The van der Waals surface area contributed by atoms with Crippen LogP contribution in [-0.4, -0.2) is 38.1 Å². The third kappa shape index (κ3) is 15.2. The van der Waals surface area contributed by atoms with E-state index in [2.05, 4.69) is 66.1 Å². The van der Waals surface area contributed by atoms with Gasteiger partial charge in [0.05, 0.1) is 0 Å². The Morgan fingerprint density at radius 2 is 1.31 bits per heavy atom. The van der Waals surface area contributed by atoms with Crippen LogP contribution in [0.1, 0.15) is 125 Å².